The van der Waals surface area contributed by atoms with E-state index in [1.165, 1.54) is 29.1 Å². The molecule has 9 unspecified atom stereocenters. The van der Waals surface area contributed by atoms with Crippen LogP contribution in [0.15, 0.2) is 44.1 Å². The molecular weight excluding hydrogens is 1470 g/mol. The van der Waals surface area contributed by atoms with Gasteiger partial charge in [-0.15, -0.1) is 0 Å². The topological polar surface area (TPSA) is 693 Å². The first-order valence-corrected chi connectivity index (χ1v) is 36.8. The fraction of sp³-hybridized carbons (Fsp3) is 0.609. The van der Waals surface area contributed by atoms with Crippen LogP contribution < -0.4 is 55.1 Å². The Hall–Kier alpha value is -6.51. The Labute approximate surface area is 563 Å². The highest BCUT2D eigenvalue weighted by Crippen LogP contribution is 2.68. The molecule has 5 aliphatic heterocycles. The van der Waals surface area contributed by atoms with E-state index in [0.717, 1.165) is 47.7 Å². The quantitative estimate of drug-likeness (QED) is 0.0200. The molecule has 0 spiro atoms. The molecule has 101 heavy (non-hydrogen) atoms. The monoisotopic (exact) mass is 1540 g/mol. The van der Waals surface area contributed by atoms with Crippen molar-refractivity contribution in [2.24, 2.45) is 0 Å². The van der Waals surface area contributed by atoms with Gasteiger partial charge in [-0.1, -0.05) is 0 Å². The number of fused-ring (bicyclic) bond motifs is 3. The molecule has 0 aromatic carbocycles. The lowest BCUT2D eigenvalue weighted by molar-refractivity contribution is -0.0819. The smallest absolute Gasteiger partial charge is 0.386 e. The second kappa shape index (κ2) is 29.2. The Kier molecular flexibility index (Phi) is 21.9. The maximum atomic E-state index is 14.5. The van der Waals surface area contributed by atoms with E-state index < -0.39 is 204 Å². The van der Waals surface area contributed by atoms with Crippen molar-refractivity contribution in [2.45, 2.75) is 118 Å². The molecule has 558 valence electrons. The molecule has 0 saturated carbocycles. The van der Waals surface area contributed by atoms with E-state index in [2.05, 4.69) is 53.5 Å². The van der Waals surface area contributed by atoms with Crippen LogP contribution in [0.3, 0.4) is 0 Å². The van der Waals surface area contributed by atoms with E-state index in [-0.39, 0.29) is 52.3 Å². The van der Waals surface area contributed by atoms with Crippen LogP contribution in [-0.2, 0) is 96.5 Å². The van der Waals surface area contributed by atoms with E-state index in [9.17, 15) is 76.7 Å². The van der Waals surface area contributed by atoms with Crippen LogP contribution in [0.5, 0.6) is 0 Å². The standard InChI is InChI=1S/C46H67N18O32P5/c1-16(2)88-28-18(90-39(26(28)66)61-8-7-21(47)53-46(61)70)10-84-97(71,72)93-29-19(91-41(31(29)82-5)62-13-51-22-33(62)54-43(48)57-36(22)67)11-85-98(73,74)94-30-20(92-42(32(30)83-6)63-14-52-23-34(63)55-44(49)58-37(23)68)12-87-100(77,78)96-101(79,80)95-99(75,76)86-9-17-27(81-4)25(65)40(89-17)64-15-60(3)24-35(64)56-45(50)59-38(24)69/h7-8,13-14,16-20,25-32,39-42,65-66H,9-12,15H2,1-6H3,(H,71,72)(H,73,74)(H,75,76)(H,77,78)(H,79,80)(H2,47,53,70)(H3,48,54,57,67)(H3,49,55,58,68)(H3,50,56,59,69)/t17-,18-,19-,20-,25?,26+,27+,28?,29?,30?,31+,32+,39-,40-,41-,42-/m1/s1. The van der Waals surface area contributed by atoms with E-state index in [0.29, 0.717) is 0 Å². The van der Waals surface area contributed by atoms with Crippen LogP contribution in [0.4, 0.5) is 35.2 Å². The van der Waals surface area contributed by atoms with Gasteiger partial charge in [0, 0.05) is 34.6 Å². The normalized spacial score (nSPS) is 30.6. The van der Waals surface area contributed by atoms with Gasteiger partial charge in [0.05, 0.1) is 51.9 Å². The third kappa shape index (κ3) is 16.1. The van der Waals surface area contributed by atoms with Crippen molar-refractivity contribution in [1.29, 1.82) is 0 Å². The number of aromatic amines is 3. The Bertz CT molecular complexity index is 4560. The number of hydrogen-bond donors (Lipinski definition) is 14. The predicted molar refractivity (Wildman–Crippen MR) is 333 cm³/mol. The Morgan fingerprint density at radius 1 is 0.545 bits per heavy atom. The van der Waals surface area contributed by atoms with Gasteiger partial charge in [-0.05, 0) is 19.9 Å². The average Bonchev–Trinajstić information content (AvgIpc) is 1.62. The number of aromatic nitrogens is 12. The number of hydrogen-bond acceptors (Lipinski definition) is 39. The number of nitrogens with zero attached hydrogens (tertiary/aromatic N) is 11. The highest BCUT2D eigenvalue weighted by Gasteiger charge is 2.57. The molecule has 11 rings (SSSR count). The molecule has 6 aromatic heterocycles. The number of ether oxygens (including phenoxy) is 8. The zero-order valence-electron chi connectivity index (χ0n) is 53.0. The maximum absolute atomic E-state index is 14.5. The number of nitrogens with two attached hydrogens (primary N) is 4. The minimum absolute atomic E-state index is 0.0190. The number of imidazole rings is 2. The first-order chi connectivity index (χ1) is 47.4. The second-order valence-corrected chi connectivity index (χ2v) is 30.3. The zero-order valence-corrected chi connectivity index (χ0v) is 57.4. The molecule has 0 radical (unpaired) electrons. The van der Waals surface area contributed by atoms with Gasteiger partial charge in [-0.2, -0.15) is 28.6 Å². The summed E-state index contributed by atoms with van der Waals surface area (Å²) in [5, 5.41) is 22.6. The third-order valence-corrected chi connectivity index (χ3v) is 22.0. The van der Waals surface area contributed by atoms with Crippen molar-refractivity contribution in [1.82, 2.24) is 58.6 Å². The molecule has 0 amide bonds. The van der Waals surface area contributed by atoms with Gasteiger partial charge < -0.3 is 105 Å². The molecule has 11 heterocycles. The van der Waals surface area contributed by atoms with E-state index in [1.54, 1.807) is 13.8 Å². The minimum Gasteiger partial charge on any atom is -0.386 e. The molecule has 50 nitrogen and oxygen atoms in total. The summed E-state index contributed by atoms with van der Waals surface area (Å²) in [6, 6.07) is 1.24. The number of phosphoric ester groups is 4. The van der Waals surface area contributed by atoms with Crippen molar-refractivity contribution in [3.63, 3.8) is 0 Å². The van der Waals surface area contributed by atoms with Crippen molar-refractivity contribution in [3.05, 3.63) is 66.5 Å². The summed E-state index contributed by atoms with van der Waals surface area (Å²) < 4.78 is 159. The van der Waals surface area contributed by atoms with Crippen LogP contribution >= 0.6 is 39.1 Å². The van der Waals surface area contributed by atoms with E-state index in [1.807, 2.05) is 0 Å². The first kappa shape index (κ1) is 75.6. The highest BCUT2D eigenvalue weighted by molar-refractivity contribution is 7.66. The maximum Gasteiger partial charge on any atom is 0.490 e. The SMILES string of the molecule is CO[C@@H]1C(O)[C@H](N2CN(C)c3c2nc(N)[nH]c3=O)O[C@@H]1COP(=O)(O)OP(=O)(O)OP(=O)(O)OC[C@H]1O[C@@H](n2cnc3c(=O)[nH]c(N)nc32)[C@@H](OC)C1OP(=O)(O)OC[C@H]1O[C@@H](n2cnc3c(=O)[nH]c(N)nc32)[C@@H](OC)C1OP(=O)(O)OC[C@H]1O[C@@H](n2ccc(N)nc2=O)[C@@H](O)C1OC(C)C. The molecule has 21 atom stereocenters. The minimum atomic E-state index is -6.31. The van der Waals surface area contributed by atoms with Crippen LogP contribution in [0, 0.1) is 0 Å². The molecule has 0 bridgehead atoms. The van der Waals surface area contributed by atoms with E-state index in [4.69, 9.17) is 88.0 Å². The first-order valence-electron chi connectivity index (χ1n) is 29.3. The van der Waals surface area contributed by atoms with Gasteiger partial charge in [0.15, 0.2) is 53.1 Å². The molecule has 0 aliphatic carbocycles. The third-order valence-electron chi connectivity index (χ3n) is 15.8. The van der Waals surface area contributed by atoms with Crippen LogP contribution in [0.2, 0.25) is 0 Å². The number of aliphatic hydroxyl groups is 2. The van der Waals surface area contributed by atoms with Gasteiger partial charge in [0.1, 0.15) is 84.8 Å². The number of rotatable bonds is 29. The predicted octanol–water partition coefficient (Wildman–Crippen LogP) is -3.81. The van der Waals surface area contributed by atoms with E-state index >= 15 is 0 Å². The van der Waals surface area contributed by atoms with Gasteiger partial charge >= 0.3 is 44.8 Å². The lowest BCUT2D eigenvalue weighted by Crippen LogP contribution is -2.46. The van der Waals surface area contributed by atoms with Gasteiger partial charge in [0.2, 0.25) is 17.8 Å². The summed E-state index contributed by atoms with van der Waals surface area (Å²) in [6.45, 7) is -1.49. The number of H-pyrrole nitrogens is 3. The van der Waals surface area contributed by atoms with Gasteiger partial charge in [-0.3, -0.25) is 70.2 Å². The van der Waals surface area contributed by atoms with Gasteiger partial charge in [-0.25, -0.2) is 37.6 Å². The van der Waals surface area contributed by atoms with Crippen LogP contribution in [0.1, 0.15) is 32.5 Å². The summed E-state index contributed by atoms with van der Waals surface area (Å²) in [4.78, 5) is 140. The lowest BCUT2D eigenvalue weighted by Gasteiger charge is -2.28. The summed E-state index contributed by atoms with van der Waals surface area (Å²) in [5.74, 6) is -1.32. The Morgan fingerprint density at radius 2 is 0.960 bits per heavy atom. The highest BCUT2D eigenvalue weighted by atomic mass is 31.3. The molecular formula is C46H67N18O32P5. The molecule has 55 heteroatoms. The number of aliphatic hydroxyl groups excluding tert-OH is 2. The largest absolute Gasteiger partial charge is 0.490 e. The average molecular weight is 1540 g/mol. The number of phosphoric acid groups is 5. The number of nitrogens with one attached hydrogen (secondary N) is 3. The lowest BCUT2D eigenvalue weighted by atomic mass is 10.1. The fourth-order valence-electron chi connectivity index (χ4n) is 11.7. The number of anilines is 6. The van der Waals surface area contributed by atoms with Crippen molar-refractivity contribution < 1.29 is 131 Å². The summed E-state index contributed by atoms with van der Waals surface area (Å²) >= 11 is 0. The zero-order chi connectivity index (χ0) is 73.3. The molecule has 4 saturated heterocycles. The molecule has 18 N–H and O–H groups in total. The molecule has 4 fully saturated rings. The number of methoxy groups -OCH3 is 3. The summed E-state index contributed by atoms with van der Waals surface area (Å²) in [6.07, 6.45) is -23.8. The van der Waals surface area contributed by atoms with Crippen LogP contribution in [-0.4, -0.2) is 240 Å². The van der Waals surface area contributed by atoms with Crippen molar-refractivity contribution in [3.8, 4) is 0 Å². The van der Waals surface area contributed by atoms with Crippen LogP contribution in [0.25, 0.3) is 22.3 Å². The van der Waals surface area contributed by atoms with Gasteiger partial charge in [0.25, 0.3) is 16.7 Å². The summed E-state index contributed by atoms with van der Waals surface area (Å²) in [5.41, 5.74) is 18.7. The Balaban J connectivity index is 0.805. The molecule has 6 aromatic rings. The fourth-order valence-corrected chi connectivity index (χ4v) is 17.1. The second-order valence-electron chi connectivity index (χ2n) is 22.8. The Morgan fingerprint density at radius 3 is 1.43 bits per heavy atom. The molecule has 5 aliphatic rings. The number of nitrogen functional groups attached to an aromatic ring is 4. The van der Waals surface area contributed by atoms with Crippen molar-refractivity contribution >= 4 is 96.6 Å². The summed E-state index contributed by atoms with van der Waals surface area (Å²) in [7, 11) is -25.0. The van der Waals surface area contributed by atoms with Crippen molar-refractivity contribution in [2.75, 3.05) is 94.2 Å².